The molecule has 0 atom stereocenters. The summed E-state index contributed by atoms with van der Waals surface area (Å²) in [5.41, 5.74) is -1.92. The van der Waals surface area contributed by atoms with Gasteiger partial charge in [-0.3, -0.25) is 19.4 Å². The molecule has 1 aromatic rings. The van der Waals surface area contributed by atoms with Gasteiger partial charge in [0.15, 0.2) is 0 Å². The van der Waals surface area contributed by atoms with Gasteiger partial charge in [0.05, 0.1) is 6.54 Å². The first-order valence-electron chi connectivity index (χ1n) is 5.85. The Kier molecular flexibility index (Phi) is 4.64. The lowest BCUT2D eigenvalue weighted by atomic mass is 9.90. The van der Waals surface area contributed by atoms with Crippen LogP contribution in [0, 0.1) is 17.3 Å². The summed E-state index contributed by atoms with van der Waals surface area (Å²) < 4.78 is 0. The van der Waals surface area contributed by atoms with E-state index >= 15 is 0 Å². The van der Waals surface area contributed by atoms with Gasteiger partial charge in [-0.25, -0.2) is 4.79 Å². The van der Waals surface area contributed by atoms with E-state index in [9.17, 15) is 19.2 Å². The molecule has 0 spiro atoms. The molecule has 0 aromatic carbocycles. The number of aromatic nitrogens is 2. The number of carbonyl (C=O) groups excluding carboxylic acids is 2. The summed E-state index contributed by atoms with van der Waals surface area (Å²) in [5.74, 6) is 3.75. The molecule has 106 valence electrons. The van der Waals surface area contributed by atoms with Crippen LogP contribution in [0.3, 0.4) is 0 Å². The van der Waals surface area contributed by atoms with Gasteiger partial charge in [0.2, 0.25) is 5.78 Å². The number of hydrogen-bond donors (Lipinski definition) is 3. The van der Waals surface area contributed by atoms with Gasteiger partial charge in [0.25, 0.3) is 11.5 Å². The molecule has 0 saturated heterocycles. The Morgan fingerprint density at radius 1 is 1.30 bits per heavy atom. The van der Waals surface area contributed by atoms with Crippen molar-refractivity contribution in [3.8, 4) is 11.8 Å². The van der Waals surface area contributed by atoms with Crippen molar-refractivity contribution >= 4 is 11.7 Å². The second-order valence-electron chi connectivity index (χ2n) is 5.05. The minimum Gasteiger partial charge on any atom is -0.339 e. The lowest BCUT2D eigenvalue weighted by molar-refractivity contribution is -0.142. The maximum absolute atomic E-state index is 11.6. The number of Topliss-reactive ketones (excluding diaryl/α,β-unsaturated/α-hetero) is 1. The summed E-state index contributed by atoms with van der Waals surface area (Å²) in [6, 6.07) is 0. The standard InChI is InChI=1S/C13H15N3O4/c1-13(2,3)9(17)11(19)14-6-4-5-8-7-15-12(20)16-10(8)18/h7H,6H2,1-3H3,(H,14,19)(H2,15,16,18,20). The number of hydrogen-bond acceptors (Lipinski definition) is 4. The molecule has 0 saturated carbocycles. The average molecular weight is 277 g/mol. The maximum Gasteiger partial charge on any atom is 0.325 e. The molecular formula is C13H15N3O4. The molecule has 1 rings (SSSR count). The molecule has 0 fully saturated rings. The van der Waals surface area contributed by atoms with Crippen LogP contribution < -0.4 is 16.6 Å². The fourth-order valence-corrected chi connectivity index (χ4v) is 1.19. The van der Waals surface area contributed by atoms with E-state index in [1.54, 1.807) is 20.8 Å². The molecule has 0 aliphatic carbocycles. The summed E-state index contributed by atoms with van der Waals surface area (Å²) in [6.07, 6.45) is 1.18. The summed E-state index contributed by atoms with van der Waals surface area (Å²) in [6.45, 7) is 4.85. The molecule has 0 radical (unpaired) electrons. The first-order valence-corrected chi connectivity index (χ1v) is 5.85. The van der Waals surface area contributed by atoms with Gasteiger partial charge in [0, 0.05) is 11.6 Å². The van der Waals surface area contributed by atoms with Crippen LogP contribution >= 0.6 is 0 Å². The highest BCUT2D eigenvalue weighted by molar-refractivity contribution is 6.37. The first kappa shape index (κ1) is 15.4. The van der Waals surface area contributed by atoms with Gasteiger partial charge >= 0.3 is 5.69 Å². The van der Waals surface area contributed by atoms with Gasteiger partial charge in [-0.1, -0.05) is 32.6 Å². The smallest absolute Gasteiger partial charge is 0.325 e. The van der Waals surface area contributed by atoms with E-state index in [0.717, 1.165) is 0 Å². The quantitative estimate of drug-likeness (QED) is 0.482. The van der Waals surface area contributed by atoms with Crippen molar-refractivity contribution in [3.05, 3.63) is 32.6 Å². The van der Waals surface area contributed by atoms with Crippen LogP contribution in [0.2, 0.25) is 0 Å². The van der Waals surface area contributed by atoms with E-state index in [-0.39, 0.29) is 12.1 Å². The molecule has 0 bridgehead atoms. The van der Waals surface area contributed by atoms with Crippen LogP contribution in [0.15, 0.2) is 15.8 Å². The highest BCUT2D eigenvalue weighted by Crippen LogP contribution is 2.13. The first-order chi connectivity index (χ1) is 9.21. The Bertz CT molecular complexity index is 695. The fraction of sp³-hybridized carbons (Fsp3) is 0.385. The third-order valence-electron chi connectivity index (χ3n) is 2.27. The molecule has 7 heteroatoms. The van der Waals surface area contributed by atoms with Gasteiger partial charge < -0.3 is 10.3 Å². The maximum atomic E-state index is 11.6. The Morgan fingerprint density at radius 3 is 2.50 bits per heavy atom. The van der Waals surface area contributed by atoms with Crippen LogP contribution in [0.25, 0.3) is 0 Å². The summed E-state index contributed by atoms with van der Waals surface area (Å²) in [5, 5.41) is 2.34. The zero-order chi connectivity index (χ0) is 15.3. The average Bonchev–Trinajstić information content (AvgIpc) is 2.34. The van der Waals surface area contributed by atoms with E-state index in [4.69, 9.17) is 0 Å². The fourth-order valence-electron chi connectivity index (χ4n) is 1.19. The number of amides is 1. The zero-order valence-electron chi connectivity index (χ0n) is 11.4. The number of aromatic amines is 2. The molecule has 1 aromatic heterocycles. The zero-order valence-corrected chi connectivity index (χ0v) is 11.4. The van der Waals surface area contributed by atoms with Gasteiger partial charge in [-0.05, 0) is 0 Å². The Labute approximate surface area is 114 Å². The van der Waals surface area contributed by atoms with Crippen molar-refractivity contribution in [2.75, 3.05) is 6.54 Å². The SMILES string of the molecule is CC(C)(C)C(=O)C(=O)NCC#Cc1c[nH]c(=O)[nH]c1=O. The lowest BCUT2D eigenvalue weighted by Crippen LogP contribution is -2.38. The number of rotatable bonds is 2. The molecule has 7 nitrogen and oxygen atoms in total. The molecule has 1 heterocycles. The van der Waals surface area contributed by atoms with Crippen molar-refractivity contribution in [1.29, 1.82) is 0 Å². The Morgan fingerprint density at radius 2 is 1.95 bits per heavy atom. The normalized spacial score (nSPS) is 10.3. The van der Waals surface area contributed by atoms with Gasteiger partial charge in [-0.2, -0.15) is 0 Å². The lowest BCUT2D eigenvalue weighted by Gasteiger charge is -2.14. The minimum atomic E-state index is -0.756. The monoisotopic (exact) mass is 277 g/mol. The van der Waals surface area contributed by atoms with Crippen molar-refractivity contribution in [2.45, 2.75) is 20.8 Å². The van der Waals surface area contributed by atoms with Crippen molar-refractivity contribution < 1.29 is 9.59 Å². The van der Waals surface area contributed by atoms with Crippen molar-refractivity contribution in [1.82, 2.24) is 15.3 Å². The predicted molar refractivity (Wildman–Crippen MR) is 72.0 cm³/mol. The second-order valence-corrected chi connectivity index (χ2v) is 5.05. The number of ketones is 1. The summed E-state index contributed by atoms with van der Waals surface area (Å²) in [4.78, 5) is 49.4. The highest BCUT2D eigenvalue weighted by atomic mass is 16.2. The van der Waals surface area contributed by atoms with E-state index in [1.807, 2.05) is 4.98 Å². The highest BCUT2D eigenvalue weighted by Gasteiger charge is 2.27. The third-order valence-corrected chi connectivity index (χ3v) is 2.27. The molecule has 0 aliphatic rings. The van der Waals surface area contributed by atoms with Crippen LogP contribution in [-0.2, 0) is 9.59 Å². The number of carbonyl (C=O) groups is 2. The van der Waals surface area contributed by atoms with Crippen LogP contribution in [0.5, 0.6) is 0 Å². The molecular weight excluding hydrogens is 262 g/mol. The van der Waals surface area contributed by atoms with E-state index in [1.165, 1.54) is 6.20 Å². The molecule has 0 aliphatic heterocycles. The van der Waals surface area contributed by atoms with Gasteiger partial charge in [0.1, 0.15) is 5.56 Å². The Hall–Kier alpha value is -2.62. The van der Waals surface area contributed by atoms with Gasteiger partial charge in [-0.15, -0.1) is 0 Å². The predicted octanol–water partition coefficient (Wildman–Crippen LogP) is -0.854. The summed E-state index contributed by atoms with van der Waals surface area (Å²) >= 11 is 0. The van der Waals surface area contributed by atoms with E-state index < -0.39 is 28.4 Å². The molecule has 3 N–H and O–H groups in total. The van der Waals surface area contributed by atoms with E-state index in [0.29, 0.717) is 0 Å². The van der Waals surface area contributed by atoms with Crippen LogP contribution in [0.1, 0.15) is 26.3 Å². The molecule has 1 amide bonds. The molecule has 0 unspecified atom stereocenters. The molecule has 20 heavy (non-hydrogen) atoms. The van der Waals surface area contributed by atoms with Crippen molar-refractivity contribution in [2.24, 2.45) is 5.41 Å². The van der Waals surface area contributed by atoms with Crippen LogP contribution in [0.4, 0.5) is 0 Å². The van der Waals surface area contributed by atoms with Crippen LogP contribution in [-0.4, -0.2) is 28.2 Å². The van der Waals surface area contributed by atoms with Crippen molar-refractivity contribution in [3.63, 3.8) is 0 Å². The largest absolute Gasteiger partial charge is 0.339 e. The summed E-state index contributed by atoms with van der Waals surface area (Å²) in [7, 11) is 0. The number of H-pyrrole nitrogens is 2. The van der Waals surface area contributed by atoms with E-state index in [2.05, 4.69) is 22.1 Å². The Balaban J connectivity index is 2.64. The number of nitrogens with one attached hydrogen (secondary N) is 3. The topological polar surface area (TPSA) is 112 Å². The minimum absolute atomic E-state index is 0.0702. The second kappa shape index (κ2) is 6.02. The third kappa shape index (κ3) is 4.24.